The van der Waals surface area contributed by atoms with Gasteiger partial charge in [0.05, 0.1) is 6.54 Å². The third-order valence-electron chi connectivity index (χ3n) is 3.03. The third-order valence-corrected chi connectivity index (χ3v) is 5.00. The van der Waals surface area contributed by atoms with E-state index in [4.69, 9.17) is 4.42 Å². The first-order valence-electron chi connectivity index (χ1n) is 7.26. The Bertz CT molecular complexity index is 561. The molecule has 21 heavy (non-hydrogen) atoms. The van der Waals surface area contributed by atoms with Gasteiger partial charge in [0, 0.05) is 25.2 Å². The fourth-order valence-electron chi connectivity index (χ4n) is 2.01. The number of hydrogen-bond donors (Lipinski definition) is 1. The third kappa shape index (κ3) is 4.69. The molecule has 0 atom stereocenters. The summed E-state index contributed by atoms with van der Waals surface area (Å²) in [5.74, 6) is 1.07. The van der Waals surface area contributed by atoms with E-state index in [-0.39, 0.29) is 4.90 Å². The number of nitrogens with zero attached hydrogens (tertiary/aromatic N) is 1. The number of nitrogens with one attached hydrogen (secondary N) is 1. The molecule has 1 aromatic rings. The molecule has 1 heterocycles. The predicted octanol–water partition coefficient (Wildman–Crippen LogP) is 2.67. The van der Waals surface area contributed by atoms with Crippen LogP contribution in [0.3, 0.4) is 0 Å². The summed E-state index contributed by atoms with van der Waals surface area (Å²) in [6.45, 7) is 12.6. The van der Waals surface area contributed by atoms with E-state index in [2.05, 4.69) is 11.9 Å². The topological polar surface area (TPSA) is 62.6 Å². The molecule has 1 rings (SSSR count). The van der Waals surface area contributed by atoms with E-state index >= 15 is 0 Å². The Hall–Kier alpha value is -1.11. The minimum atomic E-state index is -3.53. The first kappa shape index (κ1) is 17.9. The van der Waals surface area contributed by atoms with Crippen LogP contribution in [0.5, 0.6) is 0 Å². The van der Waals surface area contributed by atoms with Gasteiger partial charge in [0.25, 0.3) is 0 Å². The summed E-state index contributed by atoms with van der Waals surface area (Å²) < 4.78 is 32.4. The zero-order valence-corrected chi connectivity index (χ0v) is 14.2. The molecule has 0 saturated heterocycles. The van der Waals surface area contributed by atoms with Gasteiger partial charge in [-0.25, -0.2) is 8.42 Å². The molecule has 1 aromatic heterocycles. The number of sulfonamides is 1. The second-order valence-electron chi connectivity index (χ2n) is 5.32. The summed E-state index contributed by atoms with van der Waals surface area (Å²) in [5.41, 5.74) is 0. The first-order chi connectivity index (χ1) is 9.82. The molecule has 0 saturated carbocycles. The lowest BCUT2D eigenvalue weighted by atomic mass is 10.3. The Morgan fingerprint density at radius 2 is 2.14 bits per heavy atom. The molecule has 0 aromatic carbocycles. The van der Waals surface area contributed by atoms with Crippen molar-refractivity contribution in [1.82, 2.24) is 9.62 Å². The van der Waals surface area contributed by atoms with Gasteiger partial charge in [-0.2, -0.15) is 4.31 Å². The van der Waals surface area contributed by atoms with E-state index < -0.39 is 10.0 Å². The van der Waals surface area contributed by atoms with Gasteiger partial charge in [-0.05, 0) is 13.3 Å². The van der Waals surface area contributed by atoms with E-state index in [0.717, 1.165) is 6.42 Å². The quantitative estimate of drug-likeness (QED) is 0.712. The molecule has 0 bridgehead atoms. The standard InChI is InChI=1S/C15H26N2O3S/c1-6-8-17(9-7-2)21(18,19)15-10-14(20-13(15)5)11-16-12(3)4/h6,10,12,16H,1,7-9,11H2,2-5H3. The van der Waals surface area contributed by atoms with Crippen LogP contribution in [-0.4, -0.2) is 31.9 Å². The fraction of sp³-hybridized carbons (Fsp3) is 0.600. The number of rotatable bonds is 9. The van der Waals surface area contributed by atoms with Gasteiger partial charge in [0.1, 0.15) is 16.4 Å². The Balaban J connectivity index is 3.04. The van der Waals surface area contributed by atoms with Gasteiger partial charge < -0.3 is 9.73 Å². The zero-order chi connectivity index (χ0) is 16.0. The van der Waals surface area contributed by atoms with E-state index in [1.165, 1.54) is 4.31 Å². The summed E-state index contributed by atoms with van der Waals surface area (Å²) in [4.78, 5) is 0.248. The van der Waals surface area contributed by atoms with Crippen molar-refractivity contribution in [2.24, 2.45) is 0 Å². The van der Waals surface area contributed by atoms with Gasteiger partial charge in [-0.3, -0.25) is 0 Å². The Morgan fingerprint density at radius 3 is 2.67 bits per heavy atom. The van der Waals surface area contributed by atoms with Crippen LogP contribution in [0.1, 0.15) is 38.7 Å². The van der Waals surface area contributed by atoms with Gasteiger partial charge in [-0.15, -0.1) is 6.58 Å². The molecule has 5 nitrogen and oxygen atoms in total. The average molecular weight is 314 g/mol. The maximum atomic E-state index is 12.7. The van der Waals surface area contributed by atoms with E-state index in [9.17, 15) is 8.42 Å². The molecule has 0 spiro atoms. The Morgan fingerprint density at radius 1 is 1.48 bits per heavy atom. The number of hydrogen-bond acceptors (Lipinski definition) is 4. The summed E-state index contributed by atoms with van der Waals surface area (Å²) in [5, 5.41) is 3.21. The van der Waals surface area contributed by atoms with Gasteiger partial charge in [0.15, 0.2) is 0 Å². The fourth-order valence-corrected chi connectivity index (χ4v) is 3.70. The predicted molar refractivity (Wildman–Crippen MR) is 84.7 cm³/mol. The first-order valence-corrected chi connectivity index (χ1v) is 8.70. The summed E-state index contributed by atoms with van der Waals surface area (Å²) >= 11 is 0. The van der Waals surface area contributed by atoms with Gasteiger partial charge in [0.2, 0.25) is 10.0 Å². The van der Waals surface area contributed by atoms with Crippen molar-refractivity contribution < 1.29 is 12.8 Å². The highest BCUT2D eigenvalue weighted by atomic mass is 32.2. The Kier molecular flexibility index (Phi) is 6.64. The van der Waals surface area contributed by atoms with Crippen LogP contribution in [0.2, 0.25) is 0 Å². The SMILES string of the molecule is C=CCN(CCC)S(=O)(=O)c1cc(CNC(C)C)oc1C. The van der Waals surface area contributed by atoms with Gasteiger partial charge >= 0.3 is 0 Å². The molecule has 0 unspecified atom stereocenters. The van der Waals surface area contributed by atoms with Crippen LogP contribution in [0.15, 0.2) is 28.0 Å². The van der Waals surface area contributed by atoms with Crippen LogP contribution in [-0.2, 0) is 16.6 Å². The lowest BCUT2D eigenvalue weighted by Crippen LogP contribution is -2.32. The van der Waals surface area contributed by atoms with Crippen molar-refractivity contribution in [2.75, 3.05) is 13.1 Å². The highest BCUT2D eigenvalue weighted by Crippen LogP contribution is 2.24. The van der Waals surface area contributed by atoms with Crippen LogP contribution < -0.4 is 5.32 Å². The highest BCUT2D eigenvalue weighted by Gasteiger charge is 2.27. The number of furan rings is 1. The maximum absolute atomic E-state index is 12.7. The normalized spacial score (nSPS) is 12.3. The lowest BCUT2D eigenvalue weighted by Gasteiger charge is -2.19. The molecule has 0 radical (unpaired) electrons. The smallest absolute Gasteiger partial charge is 0.246 e. The van der Waals surface area contributed by atoms with Gasteiger partial charge in [-0.1, -0.05) is 26.8 Å². The van der Waals surface area contributed by atoms with Crippen molar-refractivity contribution in [2.45, 2.75) is 51.6 Å². The van der Waals surface area contributed by atoms with Crippen molar-refractivity contribution in [3.63, 3.8) is 0 Å². The summed E-state index contributed by atoms with van der Waals surface area (Å²) in [7, 11) is -3.53. The second-order valence-corrected chi connectivity index (χ2v) is 7.23. The molecular formula is C15H26N2O3S. The minimum Gasteiger partial charge on any atom is -0.464 e. The van der Waals surface area contributed by atoms with Crippen molar-refractivity contribution in [1.29, 1.82) is 0 Å². The molecule has 1 N–H and O–H groups in total. The molecule has 0 amide bonds. The molecule has 0 fully saturated rings. The maximum Gasteiger partial charge on any atom is 0.246 e. The average Bonchev–Trinajstić information content (AvgIpc) is 2.78. The largest absolute Gasteiger partial charge is 0.464 e. The molecule has 120 valence electrons. The van der Waals surface area contributed by atoms with Crippen molar-refractivity contribution in [3.05, 3.63) is 30.2 Å². The van der Waals surface area contributed by atoms with Crippen molar-refractivity contribution in [3.8, 4) is 0 Å². The van der Waals surface area contributed by atoms with Crippen LogP contribution in [0.4, 0.5) is 0 Å². The monoisotopic (exact) mass is 314 g/mol. The van der Waals surface area contributed by atoms with E-state index in [1.807, 2.05) is 20.8 Å². The highest BCUT2D eigenvalue weighted by molar-refractivity contribution is 7.89. The minimum absolute atomic E-state index is 0.248. The lowest BCUT2D eigenvalue weighted by molar-refractivity contribution is 0.431. The molecule has 6 heteroatoms. The molecular weight excluding hydrogens is 288 g/mol. The molecule has 0 aliphatic carbocycles. The zero-order valence-electron chi connectivity index (χ0n) is 13.3. The molecule has 0 aliphatic rings. The van der Waals surface area contributed by atoms with E-state index in [1.54, 1.807) is 19.1 Å². The van der Waals surface area contributed by atoms with Crippen LogP contribution in [0.25, 0.3) is 0 Å². The van der Waals surface area contributed by atoms with Crippen molar-refractivity contribution >= 4 is 10.0 Å². The second kappa shape index (κ2) is 7.77. The summed E-state index contributed by atoms with van der Waals surface area (Å²) in [6.07, 6.45) is 2.36. The molecule has 0 aliphatic heterocycles. The van der Waals surface area contributed by atoms with E-state index in [0.29, 0.717) is 37.2 Å². The van der Waals surface area contributed by atoms with Crippen LogP contribution in [0, 0.1) is 6.92 Å². The summed E-state index contributed by atoms with van der Waals surface area (Å²) in [6, 6.07) is 1.93. The Labute approximate surface area is 128 Å². The number of aryl methyl sites for hydroxylation is 1. The van der Waals surface area contributed by atoms with Crippen LogP contribution >= 0.6 is 0 Å².